The van der Waals surface area contributed by atoms with Crippen LogP contribution in [0.1, 0.15) is 18.4 Å². The van der Waals surface area contributed by atoms with Gasteiger partial charge in [0, 0.05) is 23.6 Å². The molecule has 0 saturated heterocycles. The van der Waals surface area contributed by atoms with Gasteiger partial charge >= 0.3 is 0 Å². The van der Waals surface area contributed by atoms with Crippen LogP contribution in [0.2, 0.25) is 0 Å². The number of halogens is 3. The molecule has 19 heavy (non-hydrogen) atoms. The summed E-state index contributed by atoms with van der Waals surface area (Å²) < 4.78 is 40.6. The minimum atomic E-state index is -3.81. The zero-order valence-corrected chi connectivity index (χ0v) is 13.5. The minimum Gasteiger partial charge on any atom is -0.207 e. The number of alkyl halides is 1. The second-order valence-electron chi connectivity index (χ2n) is 4.74. The Balaban J connectivity index is 2.41. The third-order valence-corrected chi connectivity index (χ3v) is 5.69. The maximum atomic E-state index is 14.2. The SMILES string of the molecule is CN(CC1CC1)S(=O)(=O)c1cc(Br)cc(CCl)c1F. The first-order valence-corrected chi connectivity index (χ1v) is 8.63. The zero-order valence-electron chi connectivity index (χ0n) is 10.4. The van der Waals surface area contributed by atoms with E-state index in [1.165, 1.54) is 23.5 Å². The second-order valence-corrected chi connectivity index (χ2v) is 7.94. The number of benzene rings is 1. The summed E-state index contributed by atoms with van der Waals surface area (Å²) in [6, 6.07) is 2.77. The monoisotopic (exact) mass is 369 g/mol. The van der Waals surface area contributed by atoms with E-state index in [0.717, 1.165) is 12.8 Å². The topological polar surface area (TPSA) is 37.4 Å². The van der Waals surface area contributed by atoms with Crippen molar-refractivity contribution in [2.24, 2.45) is 5.92 Å². The van der Waals surface area contributed by atoms with Crippen LogP contribution >= 0.6 is 27.5 Å². The molecule has 1 aliphatic carbocycles. The van der Waals surface area contributed by atoms with E-state index in [4.69, 9.17) is 11.6 Å². The Morgan fingerprint density at radius 1 is 1.47 bits per heavy atom. The molecule has 1 fully saturated rings. The van der Waals surface area contributed by atoms with E-state index in [1.807, 2.05) is 0 Å². The van der Waals surface area contributed by atoms with Crippen LogP contribution < -0.4 is 0 Å². The van der Waals surface area contributed by atoms with Gasteiger partial charge in [0.05, 0.1) is 5.88 Å². The van der Waals surface area contributed by atoms with Crippen LogP contribution in [0.25, 0.3) is 0 Å². The summed E-state index contributed by atoms with van der Waals surface area (Å²) in [7, 11) is -2.33. The van der Waals surface area contributed by atoms with Crippen molar-refractivity contribution in [3.63, 3.8) is 0 Å². The highest BCUT2D eigenvalue weighted by molar-refractivity contribution is 9.10. The number of nitrogens with zero attached hydrogens (tertiary/aromatic N) is 1. The Bertz CT molecular complexity index is 590. The zero-order chi connectivity index (χ0) is 14.2. The van der Waals surface area contributed by atoms with Crippen molar-refractivity contribution < 1.29 is 12.8 Å². The van der Waals surface area contributed by atoms with Crippen molar-refractivity contribution >= 4 is 37.6 Å². The third kappa shape index (κ3) is 3.29. The van der Waals surface area contributed by atoms with E-state index in [9.17, 15) is 12.8 Å². The van der Waals surface area contributed by atoms with Gasteiger partial charge in [-0.25, -0.2) is 17.1 Å². The van der Waals surface area contributed by atoms with Gasteiger partial charge in [-0.15, -0.1) is 11.6 Å². The first kappa shape index (κ1) is 15.2. The summed E-state index contributed by atoms with van der Waals surface area (Å²) in [6.45, 7) is 0.435. The Morgan fingerprint density at radius 2 is 2.11 bits per heavy atom. The van der Waals surface area contributed by atoms with Gasteiger partial charge in [0.25, 0.3) is 0 Å². The molecule has 1 saturated carbocycles. The molecule has 0 spiro atoms. The molecule has 0 N–H and O–H groups in total. The molecule has 106 valence electrons. The average Bonchev–Trinajstić information content (AvgIpc) is 3.15. The molecule has 1 aliphatic rings. The fraction of sp³-hybridized carbons (Fsp3) is 0.500. The molecule has 0 aliphatic heterocycles. The number of sulfonamides is 1. The van der Waals surface area contributed by atoms with Gasteiger partial charge in [-0.1, -0.05) is 15.9 Å². The van der Waals surface area contributed by atoms with Crippen molar-refractivity contribution in [2.75, 3.05) is 13.6 Å². The van der Waals surface area contributed by atoms with Crippen LogP contribution in [0.15, 0.2) is 21.5 Å². The molecule has 0 aromatic heterocycles. The van der Waals surface area contributed by atoms with E-state index in [-0.39, 0.29) is 16.3 Å². The van der Waals surface area contributed by atoms with Crippen molar-refractivity contribution in [2.45, 2.75) is 23.6 Å². The van der Waals surface area contributed by atoms with Crippen LogP contribution in [0.4, 0.5) is 4.39 Å². The first-order chi connectivity index (χ1) is 8.86. The highest BCUT2D eigenvalue weighted by Crippen LogP contribution is 2.32. The maximum absolute atomic E-state index is 14.2. The highest BCUT2D eigenvalue weighted by atomic mass is 79.9. The van der Waals surface area contributed by atoms with Crippen molar-refractivity contribution in [3.8, 4) is 0 Å². The molecule has 0 radical (unpaired) electrons. The van der Waals surface area contributed by atoms with Gasteiger partial charge in [-0.2, -0.15) is 0 Å². The van der Waals surface area contributed by atoms with E-state index >= 15 is 0 Å². The normalized spacial score (nSPS) is 16.1. The van der Waals surface area contributed by atoms with Gasteiger partial charge < -0.3 is 0 Å². The molecule has 0 unspecified atom stereocenters. The number of rotatable bonds is 5. The Kier molecular flexibility index (Phi) is 4.55. The molecule has 3 nitrogen and oxygen atoms in total. The second kappa shape index (κ2) is 5.68. The summed E-state index contributed by atoms with van der Waals surface area (Å²) in [4.78, 5) is -0.319. The van der Waals surface area contributed by atoms with Crippen LogP contribution in [0, 0.1) is 11.7 Å². The van der Waals surface area contributed by atoms with Crippen LogP contribution in [-0.4, -0.2) is 26.3 Å². The van der Waals surface area contributed by atoms with Crippen molar-refractivity contribution in [1.82, 2.24) is 4.31 Å². The summed E-state index contributed by atoms with van der Waals surface area (Å²) in [5.74, 6) is -0.427. The summed E-state index contributed by atoms with van der Waals surface area (Å²) in [5.41, 5.74) is 0.175. The maximum Gasteiger partial charge on any atom is 0.245 e. The summed E-state index contributed by atoms with van der Waals surface area (Å²) in [6.07, 6.45) is 2.07. The van der Waals surface area contributed by atoms with Crippen LogP contribution in [0.5, 0.6) is 0 Å². The standard InChI is InChI=1S/C12H14BrClFNO2S/c1-16(7-8-2-3-8)19(17,18)11-5-10(13)4-9(6-14)12(11)15/h4-5,8H,2-3,6-7H2,1H3. The van der Waals surface area contributed by atoms with Crippen LogP contribution in [-0.2, 0) is 15.9 Å². The molecule has 1 aromatic carbocycles. The van der Waals surface area contributed by atoms with E-state index in [2.05, 4.69) is 15.9 Å². The lowest BCUT2D eigenvalue weighted by Gasteiger charge is -2.18. The lowest BCUT2D eigenvalue weighted by atomic mass is 10.2. The van der Waals surface area contributed by atoms with Gasteiger partial charge in [-0.05, 0) is 30.9 Å². The smallest absolute Gasteiger partial charge is 0.207 e. The lowest BCUT2D eigenvalue weighted by Crippen LogP contribution is -2.29. The van der Waals surface area contributed by atoms with Crippen LogP contribution in [0.3, 0.4) is 0 Å². The Hall–Kier alpha value is -0.170. The molecule has 1 aromatic rings. The Labute approximate surface area is 125 Å². The molecule has 0 atom stereocenters. The average molecular weight is 371 g/mol. The summed E-state index contributed by atoms with van der Waals surface area (Å²) in [5, 5.41) is 0. The highest BCUT2D eigenvalue weighted by Gasteiger charge is 2.31. The fourth-order valence-electron chi connectivity index (χ4n) is 1.83. The van der Waals surface area contributed by atoms with Crippen molar-refractivity contribution in [3.05, 3.63) is 28.0 Å². The van der Waals surface area contributed by atoms with E-state index in [0.29, 0.717) is 16.9 Å². The fourth-order valence-corrected chi connectivity index (χ4v) is 4.06. The quantitative estimate of drug-likeness (QED) is 0.745. The molecular formula is C12H14BrClFNO2S. The molecule has 0 bridgehead atoms. The number of hydrogen-bond donors (Lipinski definition) is 0. The van der Waals surface area contributed by atoms with E-state index < -0.39 is 15.8 Å². The third-order valence-electron chi connectivity index (χ3n) is 3.12. The van der Waals surface area contributed by atoms with Gasteiger partial charge in [0.15, 0.2) is 0 Å². The molecule has 7 heteroatoms. The molecular weight excluding hydrogens is 357 g/mol. The minimum absolute atomic E-state index is 0.0693. The molecule has 0 heterocycles. The van der Waals surface area contributed by atoms with E-state index in [1.54, 1.807) is 0 Å². The summed E-state index contributed by atoms with van der Waals surface area (Å²) >= 11 is 8.82. The predicted molar refractivity (Wildman–Crippen MR) is 76.2 cm³/mol. The molecule has 0 amide bonds. The largest absolute Gasteiger partial charge is 0.245 e. The molecule has 2 rings (SSSR count). The van der Waals surface area contributed by atoms with Crippen molar-refractivity contribution in [1.29, 1.82) is 0 Å². The van der Waals surface area contributed by atoms with Gasteiger partial charge in [0.2, 0.25) is 10.0 Å². The first-order valence-electron chi connectivity index (χ1n) is 5.86. The predicted octanol–water partition coefficient (Wildman–Crippen LogP) is 3.36. The van der Waals surface area contributed by atoms with Gasteiger partial charge in [-0.3, -0.25) is 0 Å². The lowest BCUT2D eigenvalue weighted by molar-refractivity contribution is 0.447. The number of hydrogen-bond acceptors (Lipinski definition) is 2. The van der Waals surface area contributed by atoms with Gasteiger partial charge in [0.1, 0.15) is 10.7 Å². The Morgan fingerprint density at radius 3 is 2.63 bits per heavy atom.